The fourth-order valence-corrected chi connectivity index (χ4v) is 4.75. The number of piperidine rings is 1. The molecule has 1 aliphatic heterocycles. The highest BCUT2D eigenvalue weighted by Gasteiger charge is 2.32. The third kappa shape index (κ3) is 4.53. The van der Waals surface area contributed by atoms with E-state index in [0.29, 0.717) is 31.2 Å². The number of sulfonamides is 1. The molecule has 0 spiro atoms. The first kappa shape index (κ1) is 18.4. The van der Waals surface area contributed by atoms with Crippen LogP contribution in [-0.4, -0.2) is 52.2 Å². The van der Waals surface area contributed by atoms with Crippen molar-refractivity contribution in [2.75, 3.05) is 33.4 Å². The van der Waals surface area contributed by atoms with Crippen LogP contribution in [0.3, 0.4) is 0 Å². The Labute approximate surface area is 139 Å². The highest BCUT2D eigenvalue weighted by molar-refractivity contribution is 7.89. The summed E-state index contributed by atoms with van der Waals surface area (Å²) < 4.78 is 38.3. The molecule has 1 aromatic rings. The summed E-state index contributed by atoms with van der Waals surface area (Å²) in [5.74, 6) is 0.166. The average Bonchev–Trinajstić information content (AvgIpc) is 2.55. The van der Waals surface area contributed by atoms with Crippen molar-refractivity contribution in [2.45, 2.75) is 43.6 Å². The second kappa shape index (κ2) is 8.24. The zero-order valence-electron chi connectivity index (χ0n) is 14.2. The summed E-state index contributed by atoms with van der Waals surface area (Å²) in [6.07, 6.45) is 1.65. The Balaban J connectivity index is 2.16. The molecular weight excluding hydrogens is 314 g/mol. The minimum atomic E-state index is -3.48. The molecule has 6 heteroatoms. The summed E-state index contributed by atoms with van der Waals surface area (Å²) >= 11 is 0. The lowest BCUT2D eigenvalue weighted by Crippen LogP contribution is -2.43. The van der Waals surface area contributed by atoms with E-state index in [1.54, 1.807) is 23.5 Å². The summed E-state index contributed by atoms with van der Waals surface area (Å²) in [6.45, 7) is 6.02. The number of hydrogen-bond donors (Lipinski definition) is 0. The maximum atomic E-state index is 13.0. The second-order valence-corrected chi connectivity index (χ2v) is 8.09. The van der Waals surface area contributed by atoms with Crippen LogP contribution < -0.4 is 0 Å². The SMILES string of the molecule is COCCOC1CCCN(S(=O)(=O)c2ccccc2C(C)C)C1. The Kier molecular flexibility index (Phi) is 6.59. The summed E-state index contributed by atoms with van der Waals surface area (Å²) in [6, 6.07) is 7.28. The van der Waals surface area contributed by atoms with Gasteiger partial charge >= 0.3 is 0 Å². The van der Waals surface area contributed by atoms with Crippen LogP contribution in [0.4, 0.5) is 0 Å². The largest absolute Gasteiger partial charge is 0.382 e. The van der Waals surface area contributed by atoms with Gasteiger partial charge in [-0.15, -0.1) is 0 Å². The topological polar surface area (TPSA) is 55.8 Å². The van der Waals surface area contributed by atoms with Crippen molar-refractivity contribution in [3.63, 3.8) is 0 Å². The molecule has 1 heterocycles. The van der Waals surface area contributed by atoms with Gasteiger partial charge < -0.3 is 9.47 Å². The van der Waals surface area contributed by atoms with Gasteiger partial charge in [0.25, 0.3) is 0 Å². The van der Waals surface area contributed by atoms with E-state index in [0.717, 1.165) is 18.4 Å². The zero-order valence-corrected chi connectivity index (χ0v) is 15.0. The minimum absolute atomic E-state index is 0.0557. The Morgan fingerprint density at radius 1 is 1.26 bits per heavy atom. The van der Waals surface area contributed by atoms with Gasteiger partial charge in [0, 0.05) is 20.2 Å². The van der Waals surface area contributed by atoms with E-state index in [4.69, 9.17) is 9.47 Å². The van der Waals surface area contributed by atoms with Crippen LogP contribution in [0.2, 0.25) is 0 Å². The number of hydrogen-bond acceptors (Lipinski definition) is 4. The van der Waals surface area contributed by atoms with Crippen molar-refractivity contribution in [1.82, 2.24) is 4.31 Å². The normalized spacial score (nSPS) is 20.1. The van der Waals surface area contributed by atoms with E-state index in [2.05, 4.69) is 0 Å². The van der Waals surface area contributed by atoms with Crippen LogP contribution >= 0.6 is 0 Å². The number of benzene rings is 1. The van der Waals surface area contributed by atoms with E-state index in [1.807, 2.05) is 26.0 Å². The van der Waals surface area contributed by atoms with E-state index in [1.165, 1.54) is 0 Å². The predicted octanol–water partition coefficient (Wildman–Crippen LogP) is 2.63. The van der Waals surface area contributed by atoms with E-state index >= 15 is 0 Å². The summed E-state index contributed by atoms with van der Waals surface area (Å²) in [4.78, 5) is 0.424. The van der Waals surface area contributed by atoms with E-state index in [-0.39, 0.29) is 12.0 Å². The molecule has 0 aliphatic carbocycles. The predicted molar refractivity (Wildman–Crippen MR) is 90.1 cm³/mol. The van der Waals surface area contributed by atoms with Crippen LogP contribution in [0.1, 0.15) is 38.2 Å². The first-order valence-corrected chi connectivity index (χ1v) is 9.60. The lowest BCUT2D eigenvalue weighted by atomic mass is 10.0. The average molecular weight is 341 g/mol. The Morgan fingerprint density at radius 3 is 2.70 bits per heavy atom. The number of nitrogens with zero attached hydrogens (tertiary/aromatic N) is 1. The zero-order chi connectivity index (χ0) is 16.9. The quantitative estimate of drug-likeness (QED) is 0.716. The molecule has 1 atom stereocenters. The molecule has 130 valence electrons. The molecular formula is C17H27NO4S. The monoisotopic (exact) mass is 341 g/mol. The van der Waals surface area contributed by atoms with Gasteiger partial charge in [0.15, 0.2) is 0 Å². The molecule has 1 saturated heterocycles. The third-order valence-electron chi connectivity index (χ3n) is 4.14. The van der Waals surface area contributed by atoms with Crippen LogP contribution in [0.15, 0.2) is 29.2 Å². The molecule has 1 aliphatic rings. The summed E-state index contributed by atoms with van der Waals surface area (Å²) in [5, 5.41) is 0. The van der Waals surface area contributed by atoms with Gasteiger partial charge in [-0.25, -0.2) is 8.42 Å². The van der Waals surface area contributed by atoms with Crippen LogP contribution in [0, 0.1) is 0 Å². The Hall–Kier alpha value is -0.950. The first-order valence-electron chi connectivity index (χ1n) is 8.16. The second-order valence-electron chi connectivity index (χ2n) is 6.18. The molecule has 1 aromatic carbocycles. The van der Waals surface area contributed by atoms with Gasteiger partial charge in [0.2, 0.25) is 10.0 Å². The van der Waals surface area contributed by atoms with Gasteiger partial charge in [-0.3, -0.25) is 0 Å². The third-order valence-corrected chi connectivity index (χ3v) is 6.08. The molecule has 0 radical (unpaired) electrons. The Morgan fingerprint density at radius 2 is 2.00 bits per heavy atom. The van der Waals surface area contributed by atoms with Crippen LogP contribution in [-0.2, 0) is 19.5 Å². The lowest BCUT2D eigenvalue weighted by Gasteiger charge is -2.32. The maximum Gasteiger partial charge on any atom is 0.243 e. The highest BCUT2D eigenvalue weighted by Crippen LogP contribution is 2.28. The molecule has 2 rings (SSSR count). The Bertz CT molecular complexity index is 600. The lowest BCUT2D eigenvalue weighted by molar-refractivity contribution is -0.00653. The van der Waals surface area contributed by atoms with Gasteiger partial charge in [-0.05, 0) is 30.4 Å². The van der Waals surface area contributed by atoms with E-state index < -0.39 is 10.0 Å². The van der Waals surface area contributed by atoms with Crippen LogP contribution in [0.5, 0.6) is 0 Å². The van der Waals surface area contributed by atoms with Crippen molar-refractivity contribution in [3.05, 3.63) is 29.8 Å². The molecule has 0 bridgehead atoms. The number of methoxy groups -OCH3 is 1. The first-order chi connectivity index (χ1) is 11.0. The molecule has 1 fully saturated rings. The van der Waals surface area contributed by atoms with Crippen LogP contribution in [0.25, 0.3) is 0 Å². The van der Waals surface area contributed by atoms with Crippen molar-refractivity contribution in [1.29, 1.82) is 0 Å². The number of ether oxygens (including phenoxy) is 2. The molecule has 0 saturated carbocycles. The molecule has 0 aromatic heterocycles. The fraction of sp³-hybridized carbons (Fsp3) is 0.647. The van der Waals surface area contributed by atoms with Crippen molar-refractivity contribution >= 4 is 10.0 Å². The maximum absolute atomic E-state index is 13.0. The van der Waals surface area contributed by atoms with Gasteiger partial charge in [0.1, 0.15) is 0 Å². The minimum Gasteiger partial charge on any atom is -0.382 e. The van der Waals surface area contributed by atoms with Crippen molar-refractivity contribution in [3.8, 4) is 0 Å². The van der Waals surface area contributed by atoms with Crippen molar-refractivity contribution < 1.29 is 17.9 Å². The molecule has 0 N–H and O–H groups in total. The van der Waals surface area contributed by atoms with Gasteiger partial charge in [0.05, 0.1) is 24.2 Å². The molecule has 0 amide bonds. The van der Waals surface area contributed by atoms with Gasteiger partial charge in [-0.2, -0.15) is 4.31 Å². The number of rotatable bonds is 7. The summed E-state index contributed by atoms with van der Waals surface area (Å²) in [5.41, 5.74) is 0.870. The summed E-state index contributed by atoms with van der Waals surface area (Å²) in [7, 11) is -1.85. The smallest absolute Gasteiger partial charge is 0.243 e. The fourth-order valence-electron chi connectivity index (χ4n) is 2.89. The molecule has 5 nitrogen and oxygen atoms in total. The standard InChI is InChI=1S/C17H27NO4S/c1-14(2)16-8-4-5-9-17(16)23(19,20)18-10-6-7-15(13-18)22-12-11-21-3/h4-5,8-9,14-15H,6-7,10-13H2,1-3H3. The highest BCUT2D eigenvalue weighted by atomic mass is 32.2. The molecule has 1 unspecified atom stereocenters. The van der Waals surface area contributed by atoms with Gasteiger partial charge in [-0.1, -0.05) is 32.0 Å². The molecule has 23 heavy (non-hydrogen) atoms. The van der Waals surface area contributed by atoms with Crippen molar-refractivity contribution in [2.24, 2.45) is 0 Å². The van der Waals surface area contributed by atoms with E-state index in [9.17, 15) is 8.42 Å².